The Labute approximate surface area is 162 Å². The van der Waals surface area contributed by atoms with Gasteiger partial charge in [-0.1, -0.05) is 150 Å². The van der Waals surface area contributed by atoms with Gasteiger partial charge in [0.2, 0.25) is 0 Å². The van der Waals surface area contributed by atoms with Crippen molar-refractivity contribution in [2.75, 3.05) is 0 Å². The van der Waals surface area contributed by atoms with Gasteiger partial charge in [0.1, 0.15) is 0 Å². The average Bonchev–Trinajstić information content (AvgIpc) is 2.66. The van der Waals surface area contributed by atoms with E-state index in [0.717, 1.165) is 0 Å². The van der Waals surface area contributed by atoms with E-state index in [2.05, 4.69) is 37.8 Å². The van der Waals surface area contributed by atoms with E-state index in [1.807, 2.05) is 60.8 Å². The predicted octanol–water partition coefficient (Wildman–Crippen LogP) is 8.60. The first kappa shape index (κ1) is 23.9. The molecule has 0 aliphatic rings. The molecular weight excluding hydrogens is 312 g/mol. The Hall–Kier alpha value is -2.08. The molecule has 0 amide bonds. The first-order valence-corrected chi connectivity index (χ1v) is 10.2. The van der Waals surface area contributed by atoms with Crippen LogP contribution in [0, 0.1) is 0 Å². The second-order valence-corrected chi connectivity index (χ2v) is 6.24. The maximum Gasteiger partial charge on any atom is -0.0348 e. The molecule has 0 saturated heterocycles. The summed E-state index contributed by atoms with van der Waals surface area (Å²) in [5, 5.41) is 0. The summed E-state index contributed by atoms with van der Waals surface area (Å²) in [6.07, 6.45) is 42.6. The highest BCUT2D eigenvalue weighted by molar-refractivity contribution is 5.21. The number of unbranched alkanes of at least 4 members (excludes halogenated alkanes) is 8. The molecule has 0 atom stereocenters. The van der Waals surface area contributed by atoms with Crippen LogP contribution in [-0.2, 0) is 0 Å². The second-order valence-electron chi connectivity index (χ2n) is 6.24. The Balaban J connectivity index is 3.56. The van der Waals surface area contributed by atoms with Gasteiger partial charge < -0.3 is 0 Å². The Kier molecular flexibility index (Phi) is 21.1. The van der Waals surface area contributed by atoms with Crippen molar-refractivity contribution in [3.8, 4) is 0 Å². The molecule has 0 aliphatic carbocycles. The summed E-state index contributed by atoms with van der Waals surface area (Å²) >= 11 is 0. The fourth-order valence-electron chi connectivity index (χ4n) is 2.36. The third-order valence-electron chi connectivity index (χ3n) is 3.83. The van der Waals surface area contributed by atoms with Crippen LogP contribution in [0.3, 0.4) is 0 Å². The quantitative estimate of drug-likeness (QED) is 0.193. The van der Waals surface area contributed by atoms with Gasteiger partial charge in [-0.05, 0) is 12.8 Å². The highest BCUT2D eigenvalue weighted by Crippen LogP contribution is 2.09. The summed E-state index contributed by atoms with van der Waals surface area (Å²) in [5.74, 6) is 0. The van der Waals surface area contributed by atoms with Gasteiger partial charge in [0.05, 0.1) is 0 Å². The summed E-state index contributed by atoms with van der Waals surface area (Å²) in [6, 6.07) is 0. The molecule has 0 N–H and O–H groups in total. The summed E-state index contributed by atoms with van der Waals surface area (Å²) < 4.78 is 0. The maximum atomic E-state index is 3.62. The van der Waals surface area contributed by atoms with Crippen LogP contribution in [-0.4, -0.2) is 0 Å². The maximum absolute atomic E-state index is 3.62. The lowest BCUT2D eigenvalue weighted by molar-refractivity contribution is 0.577. The van der Waals surface area contributed by atoms with Gasteiger partial charge >= 0.3 is 0 Å². The molecule has 0 bridgehead atoms. The molecule has 0 heterocycles. The minimum absolute atomic E-state index is 1.20. The lowest BCUT2D eigenvalue weighted by Crippen LogP contribution is -1.79. The van der Waals surface area contributed by atoms with Gasteiger partial charge in [0.25, 0.3) is 0 Å². The highest BCUT2D eigenvalue weighted by atomic mass is 14.0. The molecule has 0 nitrogen and oxygen atoms in total. The van der Waals surface area contributed by atoms with Crippen LogP contribution >= 0.6 is 0 Å². The summed E-state index contributed by atoms with van der Waals surface area (Å²) in [5.41, 5.74) is 0. The van der Waals surface area contributed by atoms with Crippen molar-refractivity contribution < 1.29 is 0 Å². The molecular formula is C26H38. The minimum atomic E-state index is 1.20. The molecule has 0 aromatic rings. The van der Waals surface area contributed by atoms with Crippen LogP contribution in [0.2, 0.25) is 0 Å². The third-order valence-corrected chi connectivity index (χ3v) is 3.83. The van der Waals surface area contributed by atoms with Crippen LogP contribution in [0.1, 0.15) is 64.7 Å². The molecule has 0 heteroatoms. The van der Waals surface area contributed by atoms with Gasteiger partial charge in [-0.2, -0.15) is 0 Å². The molecule has 0 spiro atoms. The van der Waals surface area contributed by atoms with Gasteiger partial charge in [-0.15, -0.1) is 0 Å². The monoisotopic (exact) mass is 350 g/mol. The lowest BCUT2D eigenvalue weighted by Gasteiger charge is -1.99. The minimum Gasteiger partial charge on any atom is -0.0991 e. The zero-order valence-electron chi connectivity index (χ0n) is 16.7. The summed E-state index contributed by atoms with van der Waals surface area (Å²) in [6.45, 7) is 5.89. The molecule has 0 unspecified atom stereocenters. The Morgan fingerprint density at radius 3 is 1.31 bits per heavy atom. The van der Waals surface area contributed by atoms with Crippen LogP contribution < -0.4 is 0 Å². The number of allylic oxidation sites excluding steroid dienone is 15. The fraction of sp³-hybridized carbons (Fsp3) is 0.385. The molecule has 26 heavy (non-hydrogen) atoms. The number of hydrogen-bond donors (Lipinski definition) is 0. The van der Waals surface area contributed by atoms with E-state index < -0.39 is 0 Å². The molecule has 0 aromatic heterocycles. The second kappa shape index (κ2) is 22.9. The van der Waals surface area contributed by atoms with E-state index >= 15 is 0 Å². The Morgan fingerprint density at radius 1 is 0.462 bits per heavy atom. The van der Waals surface area contributed by atoms with E-state index in [-0.39, 0.29) is 0 Å². The zero-order valence-corrected chi connectivity index (χ0v) is 16.7. The van der Waals surface area contributed by atoms with Crippen molar-refractivity contribution in [3.63, 3.8) is 0 Å². The average molecular weight is 351 g/mol. The van der Waals surface area contributed by atoms with Crippen LogP contribution in [0.4, 0.5) is 0 Å². The summed E-state index contributed by atoms with van der Waals surface area (Å²) in [4.78, 5) is 0. The first-order valence-electron chi connectivity index (χ1n) is 10.2. The third kappa shape index (κ3) is 21.9. The van der Waals surface area contributed by atoms with Crippen molar-refractivity contribution in [3.05, 3.63) is 97.7 Å². The van der Waals surface area contributed by atoms with E-state index in [0.29, 0.717) is 0 Å². The van der Waals surface area contributed by atoms with E-state index in [1.54, 1.807) is 6.08 Å². The molecule has 0 radical (unpaired) electrons. The Morgan fingerprint density at radius 2 is 0.846 bits per heavy atom. The SMILES string of the molecule is C=C/C=C/C=C/C=C/C=C/C=C/C=C/C=C/CCCCCCCCCC. The molecule has 142 valence electrons. The van der Waals surface area contributed by atoms with Crippen molar-refractivity contribution in [2.24, 2.45) is 0 Å². The van der Waals surface area contributed by atoms with Crippen LogP contribution in [0.15, 0.2) is 97.7 Å². The smallest absolute Gasteiger partial charge is 0.0348 e. The standard InChI is InChI=1S/C26H38/c1-3-5-7-9-11-13-15-17-19-21-23-25-26-24-22-20-18-16-14-12-10-8-6-4-2/h3,5,7,9,11,13,15,17,19,21-26H,1,4,6,8,10,12,14,16,18,20H2,2H3/b7-5+,11-9+,15-13+,19-17+,23-21+,24-22+,26-25+. The van der Waals surface area contributed by atoms with Gasteiger partial charge in [-0.25, -0.2) is 0 Å². The van der Waals surface area contributed by atoms with E-state index in [4.69, 9.17) is 0 Å². The van der Waals surface area contributed by atoms with Crippen LogP contribution in [0.5, 0.6) is 0 Å². The lowest BCUT2D eigenvalue weighted by atomic mass is 10.1. The van der Waals surface area contributed by atoms with Crippen molar-refractivity contribution >= 4 is 0 Å². The first-order chi connectivity index (χ1) is 12.9. The van der Waals surface area contributed by atoms with Crippen molar-refractivity contribution in [1.29, 1.82) is 0 Å². The van der Waals surface area contributed by atoms with E-state index in [9.17, 15) is 0 Å². The van der Waals surface area contributed by atoms with Crippen molar-refractivity contribution in [1.82, 2.24) is 0 Å². The number of hydrogen-bond acceptors (Lipinski definition) is 0. The van der Waals surface area contributed by atoms with Gasteiger partial charge in [-0.3, -0.25) is 0 Å². The Bertz CT molecular complexity index is 492. The predicted molar refractivity (Wildman–Crippen MR) is 121 cm³/mol. The number of rotatable bonds is 16. The fourth-order valence-corrected chi connectivity index (χ4v) is 2.36. The van der Waals surface area contributed by atoms with Gasteiger partial charge in [0, 0.05) is 0 Å². The van der Waals surface area contributed by atoms with E-state index in [1.165, 1.54) is 57.8 Å². The topological polar surface area (TPSA) is 0 Å². The van der Waals surface area contributed by atoms with Gasteiger partial charge in [0.15, 0.2) is 0 Å². The van der Waals surface area contributed by atoms with Crippen LogP contribution in [0.25, 0.3) is 0 Å². The largest absolute Gasteiger partial charge is 0.0991 e. The zero-order chi connectivity index (χ0) is 19.0. The van der Waals surface area contributed by atoms with Crippen molar-refractivity contribution in [2.45, 2.75) is 64.7 Å². The normalized spacial score (nSPS) is 13.3. The molecule has 0 rings (SSSR count). The molecule has 0 aliphatic heterocycles. The molecule has 0 fully saturated rings. The highest BCUT2D eigenvalue weighted by Gasteiger charge is 1.89. The molecule has 0 aromatic carbocycles. The summed E-state index contributed by atoms with van der Waals surface area (Å²) in [7, 11) is 0. The molecule has 0 saturated carbocycles.